The highest BCUT2D eigenvalue weighted by atomic mass is 32.2. The van der Waals surface area contributed by atoms with Crippen molar-refractivity contribution in [3.63, 3.8) is 0 Å². The molecule has 11 nitrogen and oxygen atoms in total. The Kier molecular flexibility index (Phi) is 5.85. The summed E-state index contributed by atoms with van der Waals surface area (Å²) < 4.78 is 0. The normalized spacial score (nSPS) is 21.0. The summed E-state index contributed by atoms with van der Waals surface area (Å²) in [7, 11) is 0. The van der Waals surface area contributed by atoms with Crippen LogP contribution < -0.4 is 11.1 Å². The third-order valence-corrected chi connectivity index (χ3v) is 5.95. The molecule has 1 aromatic heterocycles. The lowest BCUT2D eigenvalue weighted by atomic mass is 10.1. The molecule has 0 aromatic carbocycles. The van der Waals surface area contributed by atoms with Gasteiger partial charge in [-0.25, -0.2) is 9.78 Å². The van der Waals surface area contributed by atoms with E-state index in [1.807, 2.05) is 0 Å². The topological polar surface area (TPSA) is 171 Å². The Bertz CT molecular complexity index is 994. The molecule has 0 saturated carbocycles. The van der Waals surface area contributed by atoms with E-state index in [2.05, 4.69) is 22.0 Å². The molecule has 2 atom stereocenters. The number of β-lactam (4-membered cyclic amide) rings is 1. The van der Waals surface area contributed by atoms with E-state index >= 15 is 0 Å². The number of amides is 2. The average molecular weight is 434 g/mol. The molecule has 0 spiro atoms. The highest BCUT2D eigenvalue weighted by Crippen LogP contribution is 2.43. The van der Waals surface area contributed by atoms with Crippen LogP contribution in [0.5, 0.6) is 0 Å². The van der Waals surface area contributed by atoms with Crippen molar-refractivity contribution in [1.29, 1.82) is 5.26 Å². The van der Waals surface area contributed by atoms with E-state index in [1.54, 1.807) is 6.07 Å². The summed E-state index contributed by atoms with van der Waals surface area (Å²) in [6, 6.07) is 1.73. The second-order valence-corrected chi connectivity index (χ2v) is 7.85. The first kappa shape index (κ1) is 20.4. The highest BCUT2D eigenvalue weighted by molar-refractivity contribution is 8.00. The molecule has 2 aliphatic rings. The SMILES string of the molecule is C=CC1=C(C(=O)O)N2C(=O)C[C@H]2SC1NC(=O)/C(=N/OCC#N)c1csc(N)n1. The number of carboxylic acid groups (broad SMARTS) is 1. The van der Waals surface area contributed by atoms with Gasteiger partial charge in [0.1, 0.15) is 22.8 Å². The maximum Gasteiger partial charge on any atom is 0.353 e. The van der Waals surface area contributed by atoms with E-state index in [0.717, 1.165) is 11.3 Å². The molecule has 150 valence electrons. The van der Waals surface area contributed by atoms with Crippen LogP contribution in [0.25, 0.3) is 0 Å². The molecular formula is C16H14N6O5S2. The molecule has 1 saturated heterocycles. The zero-order valence-electron chi connectivity index (χ0n) is 14.7. The molecule has 29 heavy (non-hydrogen) atoms. The zero-order chi connectivity index (χ0) is 21.1. The first-order valence-electron chi connectivity index (χ1n) is 8.04. The minimum atomic E-state index is -1.30. The first-order chi connectivity index (χ1) is 13.9. The van der Waals surface area contributed by atoms with Gasteiger partial charge in [0.05, 0.1) is 11.8 Å². The van der Waals surface area contributed by atoms with Crippen LogP contribution >= 0.6 is 23.1 Å². The maximum absolute atomic E-state index is 12.8. The number of aliphatic carboxylic acids is 1. The molecule has 0 bridgehead atoms. The number of carboxylic acids is 1. The van der Waals surface area contributed by atoms with Crippen molar-refractivity contribution in [2.45, 2.75) is 17.2 Å². The van der Waals surface area contributed by atoms with Gasteiger partial charge in [0.2, 0.25) is 12.5 Å². The quantitative estimate of drug-likeness (QED) is 0.235. The lowest BCUT2D eigenvalue weighted by Gasteiger charge is -2.46. The first-order valence-corrected chi connectivity index (χ1v) is 9.86. The Hall–Kier alpha value is -3.37. The Morgan fingerprint density at radius 1 is 1.62 bits per heavy atom. The van der Waals surface area contributed by atoms with E-state index in [-0.39, 0.29) is 46.7 Å². The monoisotopic (exact) mass is 434 g/mol. The van der Waals surface area contributed by atoms with E-state index in [0.29, 0.717) is 0 Å². The Morgan fingerprint density at radius 3 is 2.93 bits per heavy atom. The van der Waals surface area contributed by atoms with Gasteiger partial charge >= 0.3 is 5.97 Å². The lowest BCUT2D eigenvalue weighted by molar-refractivity contribution is -0.146. The summed E-state index contributed by atoms with van der Waals surface area (Å²) in [5.41, 5.74) is 5.49. The van der Waals surface area contributed by atoms with Crippen LogP contribution in [0, 0.1) is 11.3 Å². The number of hydrogen-bond acceptors (Lipinski definition) is 10. The number of thiazole rings is 1. The zero-order valence-corrected chi connectivity index (χ0v) is 16.3. The Labute approximate surface area is 172 Å². The van der Waals surface area contributed by atoms with Gasteiger partial charge < -0.3 is 21.0 Å². The number of nitrogens with one attached hydrogen (secondary N) is 1. The number of fused-ring (bicyclic) bond motifs is 1. The molecular weight excluding hydrogens is 420 g/mol. The second kappa shape index (κ2) is 8.33. The Balaban J connectivity index is 1.90. The van der Waals surface area contributed by atoms with Gasteiger partial charge in [-0.05, 0) is 0 Å². The number of thioether (sulfide) groups is 1. The molecule has 13 heteroatoms. The van der Waals surface area contributed by atoms with Gasteiger partial charge in [0.25, 0.3) is 5.91 Å². The summed E-state index contributed by atoms with van der Waals surface area (Å²) in [4.78, 5) is 46.3. The molecule has 1 unspecified atom stereocenters. The molecule has 3 rings (SSSR count). The Morgan fingerprint density at radius 2 is 2.38 bits per heavy atom. The van der Waals surface area contributed by atoms with Crippen molar-refractivity contribution < 1.29 is 24.3 Å². The smallest absolute Gasteiger partial charge is 0.353 e. The summed E-state index contributed by atoms with van der Waals surface area (Å²) in [5, 5.41) is 25.0. The fourth-order valence-corrected chi connectivity index (χ4v) is 4.69. The molecule has 2 amide bonds. The summed E-state index contributed by atoms with van der Waals surface area (Å²) >= 11 is 2.29. The van der Waals surface area contributed by atoms with Gasteiger partial charge in [-0.1, -0.05) is 17.8 Å². The van der Waals surface area contributed by atoms with E-state index in [1.165, 1.54) is 28.1 Å². The molecule has 0 aliphatic carbocycles. The number of nitrogen functional groups attached to an aromatic ring is 1. The van der Waals surface area contributed by atoms with Gasteiger partial charge in [0, 0.05) is 11.0 Å². The minimum absolute atomic E-state index is 0.145. The second-order valence-electron chi connectivity index (χ2n) is 5.67. The van der Waals surface area contributed by atoms with Crippen LogP contribution in [-0.4, -0.2) is 55.8 Å². The number of carbonyl (C=O) groups excluding carboxylic acids is 2. The summed E-state index contributed by atoms with van der Waals surface area (Å²) in [6.45, 7) is 3.23. The molecule has 1 fully saturated rings. The van der Waals surface area contributed by atoms with Crippen LogP contribution in [0.4, 0.5) is 5.13 Å². The number of rotatable bonds is 7. The van der Waals surface area contributed by atoms with Crippen molar-refractivity contribution in [3.8, 4) is 6.07 Å². The maximum atomic E-state index is 12.8. The van der Waals surface area contributed by atoms with Crippen LogP contribution in [0.2, 0.25) is 0 Å². The largest absolute Gasteiger partial charge is 0.477 e. The fourth-order valence-electron chi connectivity index (χ4n) is 2.71. The number of aromatic nitrogens is 1. The van der Waals surface area contributed by atoms with Crippen molar-refractivity contribution in [3.05, 3.63) is 35.0 Å². The van der Waals surface area contributed by atoms with Crippen molar-refractivity contribution in [1.82, 2.24) is 15.2 Å². The van der Waals surface area contributed by atoms with Gasteiger partial charge in [0.15, 0.2) is 10.8 Å². The van der Waals surface area contributed by atoms with Crippen molar-refractivity contribution in [2.75, 3.05) is 12.3 Å². The number of anilines is 1. The van der Waals surface area contributed by atoms with Crippen LogP contribution in [0.1, 0.15) is 12.1 Å². The third-order valence-electron chi connectivity index (χ3n) is 3.95. The number of carbonyl (C=O) groups is 3. The minimum Gasteiger partial charge on any atom is -0.477 e. The van der Waals surface area contributed by atoms with Crippen molar-refractivity contribution >= 4 is 51.7 Å². The number of oxime groups is 1. The van der Waals surface area contributed by atoms with Crippen LogP contribution in [0.15, 0.2) is 34.5 Å². The fraction of sp³-hybridized carbons (Fsp3) is 0.250. The lowest BCUT2D eigenvalue weighted by Crippen LogP contribution is -2.57. The summed E-state index contributed by atoms with van der Waals surface area (Å²) in [5.74, 6) is -2.32. The van der Waals surface area contributed by atoms with Crippen LogP contribution in [-0.2, 0) is 19.2 Å². The van der Waals surface area contributed by atoms with Gasteiger partial charge in [-0.15, -0.1) is 23.1 Å². The van der Waals surface area contributed by atoms with E-state index in [4.69, 9.17) is 15.8 Å². The summed E-state index contributed by atoms with van der Waals surface area (Å²) in [6.07, 6.45) is 1.44. The molecule has 2 aliphatic heterocycles. The van der Waals surface area contributed by atoms with E-state index in [9.17, 15) is 19.5 Å². The molecule has 3 heterocycles. The number of hydrogen-bond donors (Lipinski definition) is 3. The predicted octanol–water partition coefficient (Wildman–Crippen LogP) is 0.242. The van der Waals surface area contributed by atoms with E-state index < -0.39 is 22.6 Å². The molecule has 1 aromatic rings. The average Bonchev–Trinajstić information content (AvgIpc) is 3.09. The number of nitrogens with zero attached hydrogens (tertiary/aromatic N) is 4. The van der Waals surface area contributed by atoms with Gasteiger partial charge in [-0.2, -0.15) is 5.26 Å². The number of nitrogens with two attached hydrogens (primary N) is 1. The number of nitriles is 1. The molecule has 4 N–H and O–H groups in total. The molecule has 0 radical (unpaired) electrons. The van der Waals surface area contributed by atoms with Gasteiger partial charge in [-0.3, -0.25) is 14.5 Å². The van der Waals surface area contributed by atoms with Crippen LogP contribution in [0.3, 0.4) is 0 Å². The van der Waals surface area contributed by atoms with Crippen molar-refractivity contribution in [2.24, 2.45) is 5.16 Å². The predicted molar refractivity (Wildman–Crippen MR) is 104 cm³/mol. The standard InChI is InChI=1S/C16H14N6O5S2/c1-2-7-12(15(25)26)22-9(23)5-10(22)29-14(7)20-13(24)11(21-27-4-3-17)8-6-28-16(18)19-8/h2,6,10,14H,1,4-5H2,(H2,18,19)(H,20,24)(H,25,26)/b21-11+/t10-,14?/m1/s1. The highest BCUT2D eigenvalue weighted by Gasteiger charge is 2.48. The third kappa shape index (κ3) is 3.93.